The summed E-state index contributed by atoms with van der Waals surface area (Å²) in [6, 6.07) is 0. The second kappa shape index (κ2) is 1.09. The molecule has 3 aliphatic rings. The summed E-state index contributed by atoms with van der Waals surface area (Å²) in [4.78, 5) is 10.9. The van der Waals surface area contributed by atoms with Crippen molar-refractivity contribution in [2.24, 2.45) is 23.7 Å². The summed E-state index contributed by atoms with van der Waals surface area (Å²) in [6.07, 6.45) is 4.12. The first-order valence-corrected chi connectivity index (χ1v) is 3.93. The number of hydrogen-bond donors (Lipinski definition) is 0. The molecule has 48 valence electrons. The maximum Gasteiger partial charge on any atom is 0.141 e. The van der Waals surface area contributed by atoms with Gasteiger partial charge in [-0.1, -0.05) is 6.42 Å². The SMILES string of the molecule is O=C1C2C3CCCC3C12. The third kappa shape index (κ3) is 0.322. The van der Waals surface area contributed by atoms with Gasteiger partial charge < -0.3 is 0 Å². The molecule has 3 aliphatic carbocycles. The molecule has 4 atom stereocenters. The van der Waals surface area contributed by atoms with Crippen LogP contribution in [-0.4, -0.2) is 5.78 Å². The molecule has 0 spiro atoms. The molecule has 1 nitrogen and oxygen atoms in total. The lowest BCUT2D eigenvalue weighted by atomic mass is 9.77. The summed E-state index contributed by atoms with van der Waals surface area (Å²) in [5.41, 5.74) is 0. The van der Waals surface area contributed by atoms with Gasteiger partial charge >= 0.3 is 0 Å². The molecule has 0 aromatic carbocycles. The zero-order valence-electron chi connectivity index (χ0n) is 5.34. The molecule has 0 bridgehead atoms. The average molecular weight is 122 g/mol. The fourth-order valence-electron chi connectivity index (χ4n) is 3.00. The van der Waals surface area contributed by atoms with Gasteiger partial charge in [0.1, 0.15) is 5.78 Å². The van der Waals surface area contributed by atoms with Gasteiger partial charge in [-0.25, -0.2) is 0 Å². The minimum absolute atomic E-state index is 0.581. The summed E-state index contributed by atoms with van der Waals surface area (Å²) in [7, 11) is 0. The third-order valence-corrected chi connectivity index (χ3v) is 3.48. The molecule has 0 heterocycles. The Morgan fingerprint density at radius 3 is 2.22 bits per heavy atom. The monoisotopic (exact) mass is 122 g/mol. The molecule has 4 unspecified atom stereocenters. The topological polar surface area (TPSA) is 17.1 Å². The van der Waals surface area contributed by atoms with Crippen molar-refractivity contribution < 1.29 is 4.79 Å². The van der Waals surface area contributed by atoms with Crippen LogP contribution in [0.4, 0.5) is 0 Å². The highest BCUT2D eigenvalue weighted by atomic mass is 16.1. The van der Waals surface area contributed by atoms with Crippen molar-refractivity contribution in [3.05, 3.63) is 0 Å². The van der Waals surface area contributed by atoms with Gasteiger partial charge in [0.05, 0.1) is 0 Å². The van der Waals surface area contributed by atoms with Crippen LogP contribution in [-0.2, 0) is 4.79 Å². The Balaban J connectivity index is 1.94. The number of fused-ring (bicyclic) bond motifs is 4. The molecule has 1 heteroatoms. The Morgan fingerprint density at radius 2 is 1.67 bits per heavy atom. The normalized spacial score (nSPS) is 60.2. The van der Waals surface area contributed by atoms with E-state index >= 15 is 0 Å². The first-order chi connectivity index (χ1) is 4.39. The summed E-state index contributed by atoms with van der Waals surface area (Å²) in [5, 5.41) is 0. The predicted octanol–water partition coefficient (Wildman–Crippen LogP) is 1.23. The summed E-state index contributed by atoms with van der Waals surface area (Å²) < 4.78 is 0. The Hall–Kier alpha value is -0.330. The van der Waals surface area contributed by atoms with Crippen molar-refractivity contribution in [2.45, 2.75) is 19.3 Å². The largest absolute Gasteiger partial charge is 0.299 e. The molecule has 3 fully saturated rings. The predicted molar refractivity (Wildman–Crippen MR) is 32.8 cm³/mol. The van der Waals surface area contributed by atoms with Gasteiger partial charge in [0.15, 0.2) is 0 Å². The van der Waals surface area contributed by atoms with Gasteiger partial charge in [0.25, 0.3) is 0 Å². The van der Waals surface area contributed by atoms with Crippen LogP contribution in [0.5, 0.6) is 0 Å². The molecule has 0 aromatic heterocycles. The second-order valence-corrected chi connectivity index (χ2v) is 3.71. The van der Waals surface area contributed by atoms with Crippen LogP contribution in [0, 0.1) is 23.7 Å². The maximum absolute atomic E-state index is 10.9. The lowest BCUT2D eigenvalue weighted by Crippen LogP contribution is -2.23. The highest BCUT2D eigenvalue weighted by molar-refractivity contribution is 6.02. The van der Waals surface area contributed by atoms with Gasteiger partial charge in [-0.3, -0.25) is 4.79 Å². The van der Waals surface area contributed by atoms with Crippen molar-refractivity contribution in [3.63, 3.8) is 0 Å². The molecule has 0 N–H and O–H groups in total. The number of carbonyl (C=O) groups excluding carboxylic acids is 1. The smallest absolute Gasteiger partial charge is 0.141 e. The summed E-state index contributed by atoms with van der Waals surface area (Å²) in [6.45, 7) is 0. The summed E-state index contributed by atoms with van der Waals surface area (Å²) in [5.74, 6) is 3.49. The molecular formula is C8H10O. The van der Waals surface area contributed by atoms with Gasteiger partial charge in [-0.15, -0.1) is 0 Å². The van der Waals surface area contributed by atoms with Gasteiger partial charge in [0, 0.05) is 11.8 Å². The fourth-order valence-corrected chi connectivity index (χ4v) is 3.00. The average Bonchev–Trinajstić information content (AvgIpc) is 2.15. The first-order valence-electron chi connectivity index (χ1n) is 3.93. The van der Waals surface area contributed by atoms with Crippen molar-refractivity contribution >= 4 is 5.78 Å². The van der Waals surface area contributed by atoms with Crippen LogP contribution in [0.25, 0.3) is 0 Å². The number of carbonyl (C=O) groups is 1. The summed E-state index contributed by atoms with van der Waals surface area (Å²) >= 11 is 0. The minimum atomic E-state index is 0.581. The van der Waals surface area contributed by atoms with E-state index in [9.17, 15) is 4.79 Å². The number of ketones is 1. The molecule has 3 rings (SSSR count). The van der Waals surface area contributed by atoms with E-state index in [-0.39, 0.29) is 0 Å². The van der Waals surface area contributed by atoms with Crippen LogP contribution < -0.4 is 0 Å². The van der Waals surface area contributed by atoms with Crippen molar-refractivity contribution in [1.29, 1.82) is 0 Å². The molecule has 0 radical (unpaired) electrons. The van der Waals surface area contributed by atoms with Gasteiger partial charge in [-0.2, -0.15) is 0 Å². The number of rotatable bonds is 0. The zero-order valence-corrected chi connectivity index (χ0v) is 5.34. The molecular weight excluding hydrogens is 112 g/mol. The Labute approximate surface area is 54.4 Å². The van der Waals surface area contributed by atoms with E-state index in [1.165, 1.54) is 19.3 Å². The molecule has 0 aliphatic heterocycles. The second-order valence-electron chi connectivity index (χ2n) is 3.71. The molecule has 0 amide bonds. The van der Waals surface area contributed by atoms with Crippen LogP contribution in [0.15, 0.2) is 0 Å². The minimum Gasteiger partial charge on any atom is -0.299 e. The van der Waals surface area contributed by atoms with E-state index in [4.69, 9.17) is 0 Å². The Bertz CT molecular complexity index is 167. The van der Waals surface area contributed by atoms with E-state index in [2.05, 4.69) is 0 Å². The van der Waals surface area contributed by atoms with Crippen LogP contribution in [0.3, 0.4) is 0 Å². The molecule has 9 heavy (non-hydrogen) atoms. The molecule has 0 saturated heterocycles. The van der Waals surface area contributed by atoms with Crippen molar-refractivity contribution in [1.82, 2.24) is 0 Å². The zero-order chi connectivity index (χ0) is 6.01. The van der Waals surface area contributed by atoms with E-state index < -0.39 is 0 Å². The fraction of sp³-hybridized carbons (Fsp3) is 0.875. The highest BCUT2D eigenvalue weighted by Crippen LogP contribution is 2.66. The van der Waals surface area contributed by atoms with E-state index in [0.717, 1.165) is 11.8 Å². The van der Waals surface area contributed by atoms with Crippen LogP contribution >= 0.6 is 0 Å². The first kappa shape index (κ1) is 4.48. The third-order valence-electron chi connectivity index (χ3n) is 3.48. The quantitative estimate of drug-likeness (QED) is 0.472. The Kier molecular flexibility index (Phi) is 0.544. The van der Waals surface area contributed by atoms with E-state index in [0.29, 0.717) is 17.6 Å². The lowest BCUT2D eigenvalue weighted by Gasteiger charge is -2.26. The standard InChI is InChI=1S/C8H10O/c9-8-6-4-2-1-3-5(4)7(6)8/h4-7H,1-3H2. The van der Waals surface area contributed by atoms with E-state index in [1.54, 1.807) is 0 Å². The number of Topliss-reactive ketones (excluding diaryl/α,β-unsaturated/α-hetero) is 1. The number of hydrogen-bond acceptors (Lipinski definition) is 1. The van der Waals surface area contributed by atoms with Gasteiger partial charge in [0.2, 0.25) is 0 Å². The molecule has 0 aromatic rings. The molecule has 3 saturated carbocycles. The van der Waals surface area contributed by atoms with Crippen molar-refractivity contribution in [3.8, 4) is 0 Å². The lowest BCUT2D eigenvalue weighted by molar-refractivity contribution is -0.111. The Morgan fingerprint density at radius 1 is 1.11 bits per heavy atom. The maximum atomic E-state index is 10.9. The van der Waals surface area contributed by atoms with E-state index in [1.807, 2.05) is 0 Å². The highest BCUT2D eigenvalue weighted by Gasteiger charge is 2.69. The van der Waals surface area contributed by atoms with Crippen LogP contribution in [0.2, 0.25) is 0 Å². The van der Waals surface area contributed by atoms with Gasteiger partial charge in [-0.05, 0) is 24.7 Å². The van der Waals surface area contributed by atoms with Crippen molar-refractivity contribution in [2.75, 3.05) is 0 Å². The van der Waals surface area contributed by atoms with Crippen LogP contribution in [0.1, 0.15) is 19.3 Å².